The van der Waals surface area contributed by atoms with Crippen molar-refractivity contribution < 1.29 is 4.79 Å². The van der Waals surface area contributed by atoms with E-state index in [2.05, 4.69) is 29.5 Å². The van der Waals surface area contributed by atoms with Crippen LogP contribution in [0, 0.1) is 12.8 Å². The fourth-order valence-electron chi connectivity index (χ4n) is 3.47. The highest BCUT2D eigenvalue weighted by Gasteiger charge is 2.19. The first kappa shape index (κ1) is 20.6. The van der Waals surface area contributed by atoms with Gasteiger partial charge in [0.05, 0.1) is 5.52 Å². The molecule has 1 aromatic carbocycles. The summed E-state index contributed by atoms with van der Waals surface area (Å²) < 4.78 is 3.85. The number of hydrazine groups is 1. The standard InChI is InChI=1S/C22H28N4OS/c1-15(2)22(27)26-14-18(10-13-24-25(4)28-5)20-7-6-19(16(3)21(20)26)17-8-11-23-12-9-17/h6-9,11-12,14-15,24H,10,13H2,1-5H3. The molecule has 6 heteroatoms. The Morgan fingerprint density at radius 2 is 1.96 bits per heavy atom. The summed E-state index contributed by atoms with van der Waals surface area (Å²) in [6.07, 6.45) is 8.52. The monoisotopic (exact) mass is 396 g/mol. The molecule has 0 radical (unpaired) electrons. The Bertz CT molecular complexity index is 966. The van der Waals surface area contributed by atoms with Gasteiger partial charge in [-0.25, -0.2) is 5.43 Å². The lowest BCUT2D eigenvalue weighted by Gasteiger charge is -2.14. The lowest BCUT2D eigenvalue weighted by Crippen LogP contribution is -2.29. The lowest BCUT2D eigenvalue weighted by atomic mass is 9.97. The van der Waals surface area contributed by atoms with E-state index in [9.17, 15) is 4.79 Å². The van der Waals surface area contributed by atoms with Gasteiger partial charge in [-0.1, -0.05) is 37.9 Å². The molecule has 3 aromatic rings. The highest BCUT2D eigenvalue weighted by Crippen LogP contribution is 2.33. The number of benzene rings is 1. The van der Waals surface area contributed by atoms with Crippen molar-refractivity contribution in [1.29, 1.82) is 0 Å². The van der Waals surface area contributed by atoms with Gasteiger partial charge in [-0.05, 0) is 54.0 Å². The van der Waals surface area contributed by atoms with Crippen molar-refractivity contribution in [3.63, 3.8) is 0 Å². The van der Waals surface area contributed by atoms with Gasteiger partial charge in [0, 0.05) is 43.5 Å². The summed E-state index contributed by atoms with van der Waals surface area (Å²) in [4.78, 5) is 17.0. The molecule has 0 atom stereocenters. The lowest BCUT2D eigenvalue weighted by molar-refractivity contribution is 0.0860. The van der Waals surface area contributed by atoms with Crippen LogP contribution in [0.2, 0.25) is 0 Å². The minimum Gasteiger partial charge on any atom is -0.286 e. The Kier molecular flexibility index (Phi) is 6.54. The molecule has 2 aromatic heterocycles. The van der Waals surface area contributed by atoms with Crippen LogP contribution in [0.4, 0.5) is 0 Å². The summed E-state index contributed by atoms with van der Waals surface area (Å²) in [5, 5.41) is 1.15. The molecular formula is C22H28N4OS. The van der Waals surface area contributed by atoms with Crippen molar-refractivity contribution in [3.05, 3.63) is 54.0 Å². The molecule has 28 heavy (non-hydrogen) atoms. The van der Waals surface area contributed by atoms with E-state index in [1.54, 1.807) is 24.3 Å². The van der Waals surface area contributed by atoms with E-state index in [1.807, 2.05) is 54.5 Å². The average Bonchev–Trinajstić information content (AvgIpc) is 3.07. The second-order valence-electron chi connectivity index (χ2n) is 7.23. The zero-order chi connectivity index (χ0) is 20.3. The summed E-state index contributed by atoms with van der Waals surface area (Å²) >= 11 is 1.64. The third-order valence-corrected chi connectivity index (χ3v) is 5.70. The Hall–Kier alpha value is -2.15. The van der Waals surface area contributed by atoms with Crippen LogP contribution >= 0.6 is 11.9 Å². The van der Waals surface area contributed by atoms with Crippen molar-refractivity contribution in [2.24, 2.45) is 5.92 Å². The molecule has 0 saturated heterocycles. The van der Waals surface area contributed by atoms with E-state index in [0.717, 1.165) is 40.6 Å². The van der Waals surface area contributed by atoms with Gasteiger partial charge >= 0.3 is 0 Å². The number of hydrogen-bond donors (Lipinski definition) is 1. The second-order valence-corrected chi connectivity index (χ2v) is 8.14. The number of aromatic nitrogens is 2. The molecule has 2 heterocycles. The van der Waals surface area contributed by atoms with Crippen LogP contribution in [0.1, 0.15) is 29.8 Å². The molecule has 0 spiro atoms. The minimum absolute atomic E-state index is 0.0619. The molecule has 1 N–H and O–H groups in total. The zero-order valence-corrected chi connectivity index (χ0v) is 18.0. The molecule has 0 bridgehead atoms. The first-order valence-corrected chi connectivity index (χ1v) is 10.7. The quantitative estimate of drug-likeness (QED) is 0.468. The highest BCUT2D eigenvalue weighted by molar-refractivity contribution is 7.96. The number of rotatable bonds is 7. The predicted octanol–water partition coefficient (Wildman–Crippen LogP) is 4.56. The third-order valence-electron chi connectivity index (χ3n) is 5.03. The summed E-state index contributed by atoms with van der Waals surface area (Å²) in [5.74, 6) is 0.0635. The van der Waals surface area contributed by atoms with Crippen LogP contribution in [0.3, 0.4) is 0 Å². The molecule has 0 amide bonds. The molecule has 3 rings (SSSR count). The van der Waals surface area contributed by atoms with E-state index in [-0.39, 0.29) is 11.8 Å². The van der Waals surface area contributed by atoms with Crippen molar-refractivity contribution in [2.75, 3.05) is 19.8 Å². The maximum atomic E-state index is 12.9. The van der Waals surface area contributed by atoms with Crippen LogP contribution in [0.5, 0.6) is 0 Å². The van der Waals surface area contributed by atoms with E-state index < -0.39 is 0 Å². The smallest absolute Gasteiger partial charge is 0.233 e. The Morgan fingerprint density at radius 1 is 1.25 bits per heavy atom. The number of carbonyl (C=O) groups excluding carboxylic acids is 1. The van der Waals surface area contributed by atoms with Crippen LogP contribution < -0.4 is 5.43 Å². The van der Waals surface area contributed by atoms with Crippen LogP contribution in [-0.4, -0.2) is 39.7 Å². The van der Waals surface area contributed by atoms with Gasteiger partial charge in [0.15, 0.2) is 0 Å². The molecule has 0 aliphatic rings. The molecule has 0 unspecified atom stereocenters. The topological polar surface area (TPSA) is 50.2 Å². The van der Waals surface area contributed by atoms with Crippen LogP contribution in [0.25, 0.3) is 22.0 Å². The van der Waals surface area contributed by atoms with Gasteiger partial charge in [0.25, 0.3) is 0 Å². The molecule has 0 aliphatic heterocycles. The molecular weight excluding hydrogens is 368 g/mol. The Labute approximate surface area is 171 Å². The largest absolute Gasteiger partial charge is 0.286 e. The van der Waals surface area contributed by atoms with E-state index >= 15 is 0 Å². The van der Waals surface area contributed by atoms with Crippen molar-refractivity contribution in [2.45, 2.75) is 27.2 Å². The fraction of sp³-hybridized carbons (Fsp3) is 0.364. The van der Waals surface area contributed by atoms with E-state index in [1.165, 1.54) is 5.56 Å². The molecule has 0 aliphatic carbocycles. The van der Waals surface area contributed by atoms with E-state index in [4.69, 9.17) is 0 Å². The Balaban J connectivity index is 2.09. The van der Waals surface area contributed by atoms with Gasteiger partial charge < -0.3 is 0 Å². The summed E-state index contributed by atoms with van der Waals surface area (Å²) in [6.45, 7) is 6.82. The number of carbonyl (C=O) groups is 1. The number of pyridine rings is 1. The predicted molar refractivity (Wildman–Crippen MR) is 118 cm³/mol. The number of aryl methyl sites for hydroxylation is 1. The minimum atomic E-state index is -0.0619. The number of nitrogens with zero attached hydrogens (tertiary/aromatic N) is 3. The summed E-state index contributed by atoms with van der Waals surface area (Å²) in [5.41, 5.74) is 8.93. The summed E-state index contributed by atoms with van der Waals surface area (Å²) in [7, 11) is 2.00. The first-order chi connectivity index (χ1) is 13.4. The van der Waals surface area contributed by atoms with Gasteiger partial charge in [0.1, 0.15) is 0 Å². The van der Waals surface area contributed by atoms with Crippen molar-refractivity contribution >= 4 is 28.8 Å². The third kappa shape index (κ3) is 4.14. The van der Waals surface area contributed by atoms with Crippen LogP contribution in [0.15, 0.2) is 42.9 Å². The van der Waals surface area contributed by atoms with E-state index in [0.29, 0.717) is 0 Å². The van der Waals surface area contributed by atoms with Gasteiger partial charge in [-0.2, -0.15) is 4.41 Å². The van der Waals surface area contributed by atoms with Crippen molar-refractivity contribution in [1.82, 2.24) is 19.4 Å². The maximum absolute atomic E-state index is 12.9. The second kappa shape index (κ2) is 8.90. The molecule has 0 saturated carbocycles. The molecule has 0 fully saturated rings. The van der Waals surface area contributed by atoms with Crippen LogP contribution in [-0.2, 0) is 6.42 Å². The van der Waals surface area contributed by atoms with Gasteiger partial charge in [0.2, 0.25) is 5.91 Å². The zero-order valence-electron chi connectivity index (χ0n) is 17.2. The SMILES string of the molecule is CSN(C)NCCc1cn(C(=O)C(C)C)c2c(C)c(-c3ccncc3)ccc12. The highest BCUT2D eigenvalue weighted by atomic mass is 32.2. The number of fused-ring (bicyclic) bond motifs is 1. The van der Waals surface area contributed by atoms with Gasteiger partial charge in [-0.15, -0.1) is 0 Å². The van der Waals surface area contributed by atoms with Crippen molar-refractivity contribution in [3.8, 4) is 11.1 Å². The fourth-order valence-corrected chi connectivity index (χ4v) is 3.69. The summed E-state index contributed by atoms with van der Waals surface area (Å²) in [6, 6.07) is 8.32. The number of hydrogen-bond acceptors (Lipinski definition) is 5. The number of nitrogens with one attached hydrogen (secondary N) is 1. The molecule has 148 valence electrons. The molecule has 5 nitrogen and oxygen atoms in total. The normalized spacial score (nSPS) is 11.7. The average molecular weight is 397 g/mol. The van der Waals surface area contributed by atoms with Gasteiger partial charge in [-0.3, -0.25) is 14.3 Å². The first-order valence-electron chi connectivity index (χ1n) is 9.53. The Morgan fingerprint density at radius 3 is 2.61 bits per heavy atom. The maximum Gasteiger partial charge on any atom is 0.233 e.